The molecule has 2 N–H and O–H groups in total. The van der Waals surface area contributed by atoms with E-state index in [1.165, 1.54) is 58.3 Å². The average molecular weight is 399 g/mol. The molecule has 0 amide bonds. The van der Waals surface area contributed by atoms with E-state index in [0.717, 1.165) is 25.7 Å². The minimum atomic E-state index is -1.35. The number of ether oxygens (including phenoxy) is 1. The molecule has 0 aliphatic carbocycles. The number of carbonyl (C=O) groups is 2. The van der Waals surface area contributed by atoms with E-state index in [0.29, 0.717) is 6.42 Å². The van der Waals surface area contributed by atoms with Gasteiger partial charge in [0, 0.05) is 6.42 Å². The Morgan fingerprint density at radius 1 is 0.857 bits per heavy atom. The minimum Gasteiger partial charge on any atom is -0.451 e. The molecule has 0 aromatic heterocycles. The topological polar surface area (TPSA) is 83.8 Å². The van der Waals surface area contributed by atoms with Crippen LogP contribution in [0.3, 0.4) is 0 Å². The zero-order valence-corrected chi connectivity index (χ0v) is 18.0. The van der Waals surface area contributed by atoms with Gasteiger partial charge in [-0.1, -0.05) is 70.4 Å². The number of carbonyl (C=O) groups excluding carboxylic acids is 2. The molecule has 0 spiro atoms. The lowest BCUT2D eigenvalue weighted by molar-refractivity contribution is -0.162. The van der Waals surface area contributed by atoms with E-state index >= 15 is 0 Å². The van der Waals surface area contributed by atoms with Gasteiger partial charge in [0.05, 0.1) is 6.61 Å². The summed E-state index contributed by atoms with van der Waals surface area (Å²) in [6, 6.07) is 0. The van der Waals surface area contributed by atoms with Crippen molar-refractivity contribution in [2.75, 3.05) is 6.61 Å². The third-order valence-electron chi connectivity index (χ3n) is 4.84. The van der Waals surface area contributed by atoms with Gasteiger partial charge >= 0.3 is 5.97 Å². The van der Waals surface area contributed by atoms with Crippen molar-refractivity contribution in [2.45, 2.75) is 116 Å². The number of ketones is 1. The Balaban J connectivity index is 3.52. The lowest BCUT2D eigenvalue weighted by Gasteiger charge is -2.19. The van der Waals surface area contributed by atoms with Crippen LogP contribution in [0.2, 0.25) is 0 Å². The summed E-state index contributed by atoms with van der Waals surface area (Å²) in [6.07, 6.45) is 17.7. The van der Waals surface area contributed by atoms with Crippen molar-refractivity contribution >= 4 is 11.8 Å². The number of esters is 1. The highest BCUT2D eigenvalue weighted by Crippen LogP contribution is 2.11. The van der Waals surface area contributed by atoms with Crippen LogP contribution < -0.4 is 0 Å². The van der Waals surface area contributed by atoms with Crippen LogP contribution in [0, 0.1) is 0 Å². The van der Waals surface area contributed by atoms with Crippen LogP contribution in [0.25, 0.3) is 0 Å². The number of hydrogen-bond donors (Lipinski definition) is 2. The van der Waals surface area contributed by atoms with Crippen LogP contribution in [0.5, 0.6) is 0 Å². The fraction of sp³-hybridized carbons (Fsp3) is 0.826. The summed E-state index contributed by atoms with van der Waals surface area (Å²) in [5, 5.41) is 18.4. The third kappa shape index (κ3) is 15.8. The highest BCUT2D eigenvalue weighted by Gasteiger charge is 2.26. The highest BCUT2D eigenvalue weighted by molar-refractivity contribution is 5.84. The second-order valence-corrected chi connectivity index (χ2v) is 7.61. The van der Waals surface area contributed by atoms with Crippen molar-refractivity contribution < 1.29 is 24.5 Å². The predicted octanol–water partition coefficient (Wildman–Crippen LogP) is 4.88. The SMILES string of the molecule is CCCCCCCC/C=C\CCCCCCCC(=O)OC(C(C)=O)C(O)CO. The number of allylic oxidation sites excluding steroid dienone is 2. The lowest BCUT2D eigenvalue weighted by Crippen LogP contribution is -2.39. The van der Waals surface area contributed by atoms with Crippen molar-refractivity contribution in [1.29, 1.82) is 0 Å². The Hall–Kier alpha value is -1.20. The molecule has 0 saturated heterocycles. The number of unbranched alkanes of at least 4 members (excludes halogenated alkanes) is 11. The number of aliphatic hydroxyl groups excluding tert-OH is 2. The number of hydrogen-bond acceptors (Lipinski definition) is 5. The van der Waals surface area contributed by atoms with E-state index in [4.69, 9.17) is 9.84 Å². The van der Waals surface area contributed by atoms with Gasteiger partial charge in [0.2, 0.25) is 0 Å². The molecule has 0 heterocycles. The summed E-state index contributed by atoms with van der Waals surface area (Å²) in [6.45, 7) is 2.87. The molecule has 0 radical (unpaired) electrons. The first-order valence-corrected chi connectivity index (χ1v) is 11.2. The smallest absolute Gasteiger partial charge is 0.306 e. The molecule has 0 aliphatic heterocycles. The highest BCUT2D eigenvalue weighted by atomic mass is 16.6. The first-order chi connectivity index (χ1) is 13.5. The largest absolute Gasteiger partial charge is 0.451 e. The van der Waals surface area contributed by atoms with Crippen LogP contribution in [-0.4, -0.2) is 40.8 Å². The van der Waals surface area contributed by atoms with Crippen molar-refractivity contribution in [3.05, 3.63) is 12.2 Å². The normalized spacial score (nSPS) is 13.6. The summed E-state index contributed by atoms with van der Waals surface area (Å²) < 4.78 is 4.98. The van der Waals surface area contributed by atoms with Gasteiger partial charge < -0.3 is 14.9 Å². The van der Waals surface area contributed by atoms with Crippen molar-refractivity contribution in [3.63, 3.8) is 0 Å². The van der Waals surface area contributed by atoms with E-state index in [1.54, 1.807) is 0 Å². The molecule has 5 nitrogen and oxygen atoms in total. The second-order valence-electron chi connectivity index (χ2n) is 7.61. The Bertz CT molecular complexity index is 419. The van der Waals surface area contributed by atoms with Crippen LogP contribution in [0.1, 0.15) is 104 Å². The standard InChI is InChI=1S/C23H42O5/c1-3-4-5-6-7-8-9-10-11-12-13-14-15-16-17-18-22(27)28-23(20(2)25)21(26)19-24/h10-11,21,23-24,26H,3-9,12-19H2,1-2H3/b11-10-. The van der Waals surface area contributed by atoms with Crippen LogP contribution in [0.15, 0.2) is 12.2 Å². The Morgan fingerprint density at radius 2 is 1.36 bits per heavy atom. The molecule has 0 fully saturated rings. The maximum atomic E-state index is 11.7. The first kappa shape index (κ1) is 26.8. The fourth-order valence-corrected chi connectivity index (χ4v) is 3.07. The molecule has 164 valence electrons. The summed E-state index contributed by atoms with van der Waals surface area (Å²) in [4.78, 5) is 23.1. The van der Waals surface area contributed by atoms with Crippen molar-refractivity contribution in [2.24, 2.45) is 0 Å². The molecular formula is C23H42O5. The maximum absolute atomic E-state index is 11.7. The van der Waals surface area contributed by atoms with Crippen LogP contribution >= 0.6 is 0 Å². The number of rotatable bonds is 19. The van der Waals surface area contributed by atoms with Gasteiger partial charge in [-0.05, 0) is 39.0 Å². The lowest BCUT2D eigenvalue weighted by atomic mass is 10.1. The monoisotopic (exact) mass is 398 g/mol. The summed E-state index contributed by atoms with van der Waals surface area (Å²) >= 11 is 0. The Labute approximate surface area is 171 Å². The maximum Gasteiger partial charge on any atom is 0.306 e. The molecule has 28 heavy (non-hydrogen) atoms. The molecule has 0 bridgehead atoms. The van der Waals surface area contributed by atoms with Crippen LogP contribution in [0.4, 0.5) is 0 Å². The summed E-state index contributed by atoms with van der Waals surface area (Å²) in [7, 11) is 0. The van der Waals surface area contributed by atoms with Gasteiger partial charge in [-0.25, -0.2) is 0 Å². The molecule has 5 heteroatoms. The van der Waals surface area contributed by atoms with Crippen molar-refractivity contribution in [1.82, 2.24) is 0 Å². The molecule has 2 unspecified atom stereocenters. The van der Waals surface area contributed by atoms with E-state index in [9.17, 15) is 14.7 Å². The van der Waals surface area contributed by atoms with Gasteiger partial charge in [0.15, 0.2) is 11.9 Å². The quantitative estimate of drug-likeness (QED) is 0.184. The number of aliphatic hydroxyl groups is 2. The molecule has 0 saturated carbocycles. The molecular weight excluding hydrogens is 356 g/mol. The Morgan fingerprint density at radius 3 is 1.86 bits per heavy atom. The average Bonchev–Trinajstić information content (AvgIpc) is 2.68. The van der Waals surface area contributed by atoms with Crippen molar-refractivity contribution in [3.8, 4) is 0 Å². The predicted molar refractivity (Wildman–Crippen MR) is 113 cm³/mol. The second kappa shape index (κ2) is 19.1. The molecule has 0 aromatic carbocycles. The zero-order valence-electron chi connectivity index (χ0n) is 18.0. The molecule has 2 atom stereocenters. The van der Waals surface area contributed by atoms with Gasteiger partial charge in [-0.15, -0.1) is 0 Å². The first-order valence-electron chi connectivity index (χ1n) is 11.2. The van der Waals surface area contributed by atoms with E-state index in [2.05, 4.69) is 19.1 Å². The van der Waals surface area contributed by atoms with Gasteiger partial charge in [0.1, 0.15) is 6.10 Å². The fourth-order valence-electron chi connectivity index (χ4n) is 3.07. The number of Topliss-reactive ketones (excluding diaryl/α,β-unsaturated/α-hetero) is 1. The van der Waals surface area contributed by atoms with Gasteiger partial charge in [0.25, 0.3) is 0 Å². The summed E-state index contributed by atoms with van der Waals surface area (Å²) in [5.74, 6) is -0.954. The zero-order chi connectivity index (χ0) is 21.0. The minimum absolute atomic E-state index is 0.236. The third-order valence-corrected chi connectivity index (χ3v) is 4.84. The van der Waals surface area contributed by atoms with E-state index in [1.807, 2.05) is 0 Å². The molecule has 0 aromatic rings. The Kier molecular flexibility index (Phi) is 18.3. The van der Waals surface area contributed by atoms with Gasteiger partial charge in [-0.3, -0.25) is 9.59 Å². The van der Waals surface area contributed by atoms with Crippen LogP contribution in [-0.2, 0) is 14.3 Å². The molecule has 0 rings (SSSR count). The van der Waals surface area contributed by atoms with E-state index < -0.39 is 30.6 Å². The summed E-state index contributed by atoms with van der Waals surface area (Å²) in [5.41, 5.74) is 0. The molecule has 0 aliphatic rings. The van der Waals surface area contributed by atoms with E-state index in [-0.39, 0.29) is 6.42 Å². The van der Waals surface area contributed by atoms with Gasteiger partial charge in [-0.2, -0.15) is 0 Å².